The first-order chi connectivity index (χ1) is 9.63. The van der Waals surface area contributed by atoms with Crippen LogP contribution in [0.4, 0.5) is 5.69 Å². The lowest BCUT2D eigenvalue weighted by Crippen LogP contribution is -2.29. The summed E-state index contributed by atoms with van der Waals surface area (Å²) in [5.41, 5.74) is 6.69. The van der Waals surface area contributed by atoms with E-state index in [0.29, 0.717) is 22.1 Å². The van der Waals surface area contributed by atoms with Gasteiger partial charge in [0.15, 0.2) is 0 Å². The van der Waals surface area contributed by atoms with E-state index in [4.69, 9.17) is 5.73 Å². The molecule has 0 aliphatic carbocycles. The zero-order valence-electron chi connectivity index (χ0n) is 12.2. The van der Waals surface area contributed by atoms with Gasteiger partial charge in [-0.3, -0.25) is 4.79 Å². The van der Waals surface area contributed by atoms with Gasteiger partial charge >= 0.3 is 0 Å². The van der Waals surface area contributed by atoms with Gasteiger partial charge in [-0.1, -0.05) is 0 Å². The molecule has 0 saturated carbocycles. The fourth-order valence-electron chi connectivity index (χ4n) is 1.74. The van der Waals surface area contributed by atoms with Crippen LogP contribution >= 0.6 is 15.9 Å². The molecular weight excluding hydrogens is 358 g/mol. The molecule has 0 aromatic heterocycles. The molecule has 1 rings (SSSR count). The number of carbonyl (C=O) groups excluding carboxylic acids is 1. The van der Waals surface area contributed by atoms with Crippen LogP contribution in [0.3, 0.4) is 0 Å². The zero-order chi connectivity index (χ0) is 16.2. The second-order valence-electron chi connectivity index (χ2n) is 4.94. The van der Waals surface area contributed by atoms with E-state index in [1.165, 1.54) is 13.0 Å². The molecule has 0 aliphatic heterocycles. The number of carbonyl (C=O) groups is 1. The summed E-state index contributed by atoms with van der Waals surface area (Å²) >= 11 is 3.27. The number of nitrogens with one attached hydrogen (secondary N) is 2. The van der Waals surface area contributed by atoms with Crippen molar-refractivity contribution in [2.75, 3.05) is 11.9 Å². The minimum atomic E-state index is -3.60. The van der Waals surface area contributed by atoms with Gasteiger partial charge in [-0.15, -0.1) is 0 Å². The molecule has 1 aromatic rings. The van der Waals surface area contributed by atoms with Crippen LogP contribution in [-0.2, 0) is 14.8 Å². The van der Waals surface area contributed by atoms with E-state index in [9.17, 15) is 13.2 Å². The lowest BCUT2D eigenvalue weighted by molar-refractivity contribution is -0.114. The van der Waals surface area contributed by atoms with Gasteiger partial charge in [0.25, 0.3) is 0 Å². The number of sulfonamides is 1. The van der Waals surface area contributed by atoms with Gasteiger partial charge in [0.2, 0.25) is 15.9 Å². The van der Waals surface area contributed by atoms with Crippen LogP contribution in [-0.4, -0.2) is 26.9 Å². The average Bonchev–Trinajstić information content (AvgIpc) is 2.31. The summed E-state index contributed by atoms with van der Waals surface area (Å²) in [6, 6.07) is 3.03. The molecule has 0 aliphatic rings. The van der Waals surface area contributed by atoms with Crippen molar-refractivity contribution >= 4 is 37.5 Å². The zero-order valence-corrected chi connectivity index (χ0v) is 14.6. The molecule has 21 heavy (non-hydrogen) atoms. The minimum absolute atomic E-state index is 0.0670. The molecule has 1 unspecified atom stereocenters. The molecule has 1 atom stereocenters. The standard InChI is InChI=1S/C13H20BrN3O3S/c1-8-6-12(17-10(3)18)11(14)7-13(8)21(19,20)16-5-4-9(2)15/h6-7,9,16H,4-5,15H2,1-3H3,(H,17,18). The van der Waals surface area contributed by atoms with E-state index >= 15 is 0 Å². The van der Waals surface area contributed by atoms with Crippen molar-refractivity contribution < 1.29 is 13.2 Å². The molecule has 0 bridgehead atoms. The van der Waals surface area contributed by atoms with Crippen molar-refractivity contribution in [1.29, 1.82) is 0 Å². The first kappa shape index (κ1) is 18.1. The largest absolute Gasteiger partial charge is 0.328 e. The minimum Gasteiger partial charge on any atom is -0.328 e. The molecular formula is C13H20BrN3O3S. The van der Waals surface area contributed by atoms with Gasteiger partial charge in [-0.05, 0) is 53.9 Å². The number of rotatable bonds is 6. The molecule has 118 valence electrons. The molecule has 8 heteroatoms. The predicted octanol–water partition coefficient (Wildman–Crippen LogP) is 1.73. The molecule has 0 fully saturated rings. The number of amides is 1. The SMILES string of the molecule is CC(=O)Nc1cc(C)c(S(=O)(=O)NCCC(C)N)cc1Br. The lowest BCUT2D eigenvalue weighted by Gasteiger charge is -2.13. The Kier molecular flexibility index (Phi) is 6.33. The fraction of sp³-hybridized carbons (Fsp3) is 0.462. The van der Waals surface area contributed by atoms with Crippen LogP contribution in [0, 0.1) is 6.92 Å². The van der Waals surface area contributed by atoms with Gasteiger partial charge in [-0.2, -0.15) is 0 Å². The summed E-state index contributed by atoms with van der Waals surface area (Å²) in [6.45, 7) is 5.17. The van der Waals surface area contributed by atoms with Crippen molar-refractivity contribution in [2.24, 2.45) is 5.73 Å². The van der Waals surface area contributed by atoms with Crippen molar-refractivity contribution in [3.63, 3.8) is 0 Å². The predicted molar refractivity (Wildman–Crippen MR) is 86.6 cm³/mol. The van der Waals surface area contributed by atoms with Crippen LogP contribution in [0.1, 0.15) is 25.8 Å². The summed E-state index contributed by atoms with van der Waals surface area (Å²) in [4.78, 5) is 11.3. The van der Waals surface area contributed by atoms with E-state index < -0.39 is 10.0 Å². The van der Waals surface area contributed by atoms with Crippen LogP contribution in [0.15, 0.2) is 21.5 Å². The molecule has 6 nitrogen and oxygen atoms in total. The molecule has 1 amide bonds. The summed E-state index contributed by atoms with van der Waals surface area (Å²) in [6.07, 6.45) is 0.559. The van der Waals surface area contributed by atoms with Crippen molar-refractivity contribution in [3.05, 3.63) is 22.2 Å². The number of anilines is 1. The average molecular weight is 378 g/mol. The Morgan fingerprint density at radius 3 is 2.57 bits per heavy atom. The third-order valence-electron chi connectivity index (χ3n) is 2.76. The smallest absolute Gasteiger partial charge is 0.240 e. The molecule has 0 heterocycles. The Morgan fingerprint density at radius 2 is 2.05 bits per heavy atom. The summed E-state index contributed by atoms with van der Waals surface area (Å²) in [5.74, 6) is -0.222. The van der Waals surface area contributed by atoms with E-state index in [2.05, 4.69) is 26.0 Å². The highest BCUT2D eigenvalue weighted by atomic mass is 79.9. The molecule has 0 saturated heterocycles. The highest BCUT2D eigenvalue weighted by Crippen LogP contribution is 2.28. The van der Waals surface area contributed by atoms with Crippen LogP contribution in [0.5, 0.6) is 0 Å². The second-order valence-corrected chi connectivity index (χ2v) is 7.53. The van der Waals surface area contributed by atoms with Gasteiger partial charge in [0, 0.05) is 24.0 Å². The Labute approximate surface area is 133 Å². The Balaban J connectivity index is 3.02. The number of hydrogen-bond acceptors (Lipinski definition) is 4. The summed E-state index contributed by atoms with van der Waals surface area (Å²) in [7, 11) is -3.60. The highest BCUT2D eigenvalue weighted by molar-refractivity contribution is 9.10. The number of aryl methyl sites for hydroxylation is 1. The Hall–Kier alpha value is -0.960. The highest BCUT2D eigenvalue weighted by Gasteiger charge is 2.18. The number of benzene rings is 1. The van der Waals surface area contributed by atoms with Crippen molar-refractivity contribution in [1.82, 2.24) is 4.72 Å². The summed E-state index contributed by atoms with van der Waals surface area (Å²) < 4.78 is 27.5. The normalized spacial score (nSPS) is 13.0. The van der Waals surface area contributed by atoms with Crippen molar-refractivity contribution in [2.45, 2.75) is 38.1 Å². The van der Waals surface area contributed by atoms with E-state index in [-0.39, 0.29) is 23.4 Å². The maximum atomic E-state index is 12.3. The van der Waals surface area contributed by atoms with E-state index in [1.54, 1.807) is 13.0 Å². The van der Waals surface area contributed by atoms with Gasteiger partial charge < -0.3 is 11.1 Å². The quantitative estimate of drug-likeness (QED) is 0.702. The van der Waals surface area contributed by atoms with Crippen LogP contribution < -0.4 is 15.8 Å². The lowest BCUT2D eigenvalue weighted by atomic mass is 10.2. The number of hydrogen-bond donors (Lipinski definition) is 3. The van der Waals surface area contributed by atoms with Gasteiger partial charge in [0.1, 0.15) is 0 Å². The van der Waals surface area contributed by atoms with Gasteiger partial charge in [0.05, 0.1) is 10.6 Å². The fourth-order valence-corrected chi connectivity index (χ4v) is 3.63. The van der Waals surface area contributed by atoms with Gasteiger partial charge in [-0.25, -0.2) is 13.1 Å². The van der Waals surface area contributed by atoms with Crippen LogP contribution in [0.25, 0.3) is 0 Å². The maximum Gasteiger partial charge on any atom is 0.240 e. The first-order valence-electron chi connectivity index (χ1n) is 6.46. The monoisotopic (exact) mass is 377 g/mol. The third kappa shape index (κ3) is 5.39. The topological polar surface area (TPSA) is 101 Å². The molecule has 4 N–H and O–H groups in total. The number of nitrogens with two attached hydrogens (primary N) is 1. The van der Waals surface area contributed by atoms with Crippen molar-refractivity contribution in [3.8, 4) is 0 Å². The first-order valence-corrected chi connectivity index (χ1v) is 8.74. The van der Waals surface area contributed by atoms with E-state index in [1.807, 2.05) is 6.92 Å². The number of halogens is 1. The molecule has 0 radical (unpaired) electrons. The second kappa shape index (κ2) is 7.35. The van der Waals surface area contributed by atoms with E-state index in [0.717, 1.165) is 0 Å². The third-order valence-corrected chi connectivity index (χ3v) is 5.02. The molecule has 1 aromatic carbocycles. The molecule has 0 spiro atoms. The Bertz CT molecular complexity index is 630. The maximum absolute atomic E-state index is 12.3. The Morgan fingerprint density at radius 1 is 1.43 bits per heavy atom. The van der Waals surface area contributed by atoms with Crippen LogP contribution in [0.2, 0.25) is 0 Å². The summed E-state index contributed by atoms with van der Waals surface area (Å²) in [5, 5.41) is 2.63.